The van der Waals surface area contributed by atoms with E-state index in [2.05, 4.69) is 22.1 Å². The van der Waals surface area contributed by atoms with Crippen LogP contribution in [0.1, 0.15) is 29.2 Å². The van der Waals surface area contributed by atoms with Crippen LogP contribution in [0.25, 0.3) is 0 Å². The Kier molecular flexibility index (Phi) is 4.50. The predicted octanol–water partition coefficient (Wildman–Crippen LogP) is 4.09. The highest BCUT2D eigenvalue weighted by Gasteiger charge is 2.15. The summed E-state index contributed by atoms with van der Waals surface area (Å²) in [7, 11) is 1.89. The molecular weight excluding hydrogens is 245 g/mol. The minimum absolute atomic E-state index is 0.0739. The van der Waals surface area contributed by atoms with E-state index in [1.54, 1.807) is 11.3 Å². The van der Waals surface area contributed by atoms with E-state index < -0.39 is 0 Å². The molecule has 1 aromatic heterocycles. The highest BCUT2D eigenvalue weighted by atomic mass is 32.1. The third-order valence-corrected chi connectivity index (χ3v) is 3.98. The van der Waals surface area contributed by atoms with Crippen LogP contribution >= 0.6 is 11.3 Å². The fraction of sp³-hybridized carbons (Fsp3) is 0.333. The van der Waals surface area contributed by atoms with E-state index in [4.69, 9.17) is 0 Å². The molecule has 2 rings (SSSR count). The summed E-state index contributed by atoms with van der Waals surface area (Å²) >= 11 is 1.71. The summed E-state index contributed by atoms with van der Waals surface area (Å²) in [5.41, 5.74) is 2.81. The van der Waals surface area contributed by atoms with E-state index >= 15 is 0 Å². The van der Waals surface area contributed by atoms with Gasteiger partial charge in [0.25, 0.3) is 0 Å². The largest absolute Gasteiger partial charge is 0.313 e. The number of hydrogen-bond donors (Lipinski definition) is 1. The molecule has 18 heavy (non-hydrogen) atoms. The van der Waals surface area contributed by atoms with E-state index in [-0.39, 0.29) is 11.9 Å². The van der Waals surface area contributed by atoms with Crippen molar-refractivity contribution in [3.8, 4) is 0 Å². The van der Waals surface area contributed by atoms with Crippen LogP contribution in [0, 0.1) is 12.7 Å². The number of rotatable bonds is 5. The van der Waals surface area contributed by atoms with Crippen molar-refractivity contribution in [2.24, 2.45) is 0 Å². The minimum atomic E-state index is -0.0813. The molecule has 0 aliphatic carbocycles. The predicted molar refractivity (Wildman–Crippen MR) is 75.6 cm³/mol. The first-order valence-electron chi connectivity index (χ1n) is 6.15. The van der Waals surface area contributed by atoms with Crippen LogP contribution in [0.2, 0.25) is 0 Å². The number of benzene rings is 1. The van der Waals surface area contributed by atoms with Gasteiger partial charge in [-0.3, -0.25) is 0 Å². The van der Waals surface area contributed by atoms with E-state index in [1.165, 1.54) is 5.56 Å². The number of nitrogens with one attached hydrogen (secondary N) is 1. The molecule has 2 aromatic rings. The zero-order valence-electron chi connectivity index (χ0n) is 10.7. The Morgan fingerprint density at radius 2 is 2.17 bits per heavy atom. The third kappa shape index (κ3) is 2.98. The van der Waals surface area contributed by atoms with Crippen molar-refractivity contribution >= 4 is 11.3 Å². The molecule has 0 radical (unpaired) electrons. The summed E-state index contributed by atoms with van der Waals surface area (Å²) in [5, 5.41) is 7.44. The van der Waals surface area contributed by atoms with Crippen LogP contribution in [-0.2, 0) is 6.42 Å². The van der Waals surface area contributed by atoms with Gasteiger partial charge in [-0.15, -0.1) is 0 Å². The summed E-state index contributed by atoms with van der Waals surface area (Å²) in [5.74, 6) is -0.0813. The molecule has 3 heteroatoms. The van der Waals surface area contributed by atoms with Gasteiger partial charge in [0.05, 0.1) is 0 Å². The molecule has 0 saturated carbocycles. The Morgan fingerprint density at radius 3 is 2.83 bits per heavy atom. The molecule has 0 saturated heterocycles. The normalized spacial score (nSPS) is 12.6. The maximum atomic E-state index is 14.1. The molecule has 1 nitrogen and oxygen atoms in total. The molecule has 0 aliphatic heterocycles. The molecule has 1 atom stereocenters. The number of halogens is 1. The second-order valence-corrected chi connectivity index (χ2v) is 5.27. The monoisotopic (exact) mass is 263 g/mol. The van der Waals surface area contributed by atoms with Crippen molar-refractivity contribution < 1.29 is 4.39 Å². The molecule has 0 bridgehead atoms. The maximum Gasteiger partial charge on any atom is 0.130 e. The van der Waals surface area contributed by atoms with E-state index in [9.17, 15) is 4.39 Å². The standard InChI is InChI=1S/C15H18FNS/c1-11-4-3-5-13(15(11)16)14(17-2)7-6-12-8-9-18-10-12/h3-5,8-10,14,17H,6-7H2,1-2H3. The molecule has 0 amide bonds. The molecule has 1 N–H and O–H groups in total. The molecule has 1 unspecified atom stereocenters. The van der Waals surface area contributed by atoms with Crippen LogP contribution in [0.4, 0.5) is 4.39 Å². The smallest absolute Gasteiger partial charge is 0.130 e. The topological polar surface area (TPSA) is 12.0 Å². The lowest BCUT2D eigenvalue weighted by atomic mass is 9.98. The van der Waals surface area contributed by atoms with Crippen molar-refractivity contribution in [2.75, 3.05) is 7.05 Å². The first-order valence-corrected chi connectivity index (χ1v) is 7.10. The fourth-order valence-electron chi connectivity index (χ4n) is 2.14. The van der Waals surface area contributed by atoms with E-state index in [0.717, 1.165) is 18.4 Å². The van der Waals surface area contributed by atoms with Crippen molar-refractivity contribution in [3.05, 3.63) is 57.5 Å². The minimum Gasteiger partial charge on any atom is -0.313 e. The van der Waals surface area contributed by atoms with Crippen molar-refractivity contribution in [3.63, 3.8) is 0 Å². The quantitative estimate of drug-likeness (QED) is 0.856. The van der Waals surface area contributed by atoms with E-state index in [1.807, 2.05) is 32.2 Å². The lowest BCUT2D eigenvalue weighted by Crippen LogP contribution is -2.18. The van der Waals surface area contributed by atoms with Gasteiger partial charge in [0, 0.05) is 11.6 Å². The van der Waals surface area contributed by atoms with Crippen LogP contribution < -0.4 is 5.32 Å². The summed E-state index contributed by atoms with van der Waals surface area (Å²) in [4.78, 5) is 0. The van der Waals surface area contributed by atoms with Gasteiger partial charge in [0.15, 0.2) is 0 Å². The number of thiophene rings is 1. The zero-order chi connectivity index (χ0) is 13.0. The summed E-state index contributed by atoms with van der Waals surface area (Å²) in [6.45, 7) is 1.81. The van der Waals surface area contributed by atoms with Gasteiger partial charge in [-0.1, -0.05) is 18.2 Å². The first-order chi connectivity index (χ1) is 8.72. The van der Waals surface area contributed by atoms with Crippen molar-refractivity contribution in [1.29, 1.82) is 0 Å². The molecule has 1 heterocycles. The van der Waals surface area contributed by atoms with Crippen LogP contribution in [0.15, 0.2) is 35.0 Å². The fourth-order valence-corrected chi connectivity index (χ4v) is 2.84. The Hall–Kier alpha value is -1.19. The SMILES string of the molecule is CNC(CCc1ccsc1)c1cccc(C)c1F. The molecule has 0 aliphatic rings. The molecule has 0 fully saturated rings. The second kappa shape index (κ2) is 6.12. The second-order valence-electron chi connectivity index (χ2n) is 4.49. The zero-order valence-corrected chi connectivity index (χ0v) is 11.6. The van der Waals surface area contributed by atoms with Gasteiger partial charge in [-0.25, -0.2) is 4.39 Å². The van der Waals surface area contributed by atoms with Gasteiger partial charge in [-0.2, -0.15) is 11.3 Å². The molecular formula is C15H18FNS. The van der Waals surface area contributed by atoms with Crippen LogP contribution in [0.5, 0.6) is 0 Å². The van der Waals surface area contributed by atoms with Gasteiger partial charge < -0.3 is 5.32 Å². The lowest BCUT2D eigenvalue weighted by Gasteiger charge is -2.18. The third-order valence-electron chi connectivity index (χ3n) is 3.25. The maximum absolute atomic E-state index is 14.1. The Labute approximate surface area is 112 Å². The summed E-state index contributed by atoms with van der Waals surface area (Å²) in [6, 6.07) is 7.80. The number of hydrogen-bond acceptors (Lipinski definition) is 2. The Bertz CT molecular complexity index is 493. The summed E-state index contributed by atoms with van der Waals surface area (Å²) < 4.78 is 14.1. The Balaban J connectivity index is 2.10. The molecule has 96 valence electrons. The van der Waals surface area contributed by atoms with Gasteiger partial charge in [0.1, 0.15) is 5.82 Å². The molecule has 0 spiro atoms. The Morgan fingerprint density at radius 1 is 1.33 bits per heavy atom. The lowest BCUT2D eigenvalue weighted by molar-refractivity contribution is 0.506. The first kappa shape index (κ1) is 13.2. The average Bonchev–Trinajstić information content (AvgIpc) is 2.88. The summed E-state index contributed by atoms with van der Waals surface area (Å²) in [6.07, 6.45) is 1.88. The number of aryl methyl sites for hydroxylation is 2. The van der Waals surface area contributed by atoms with Crippen molar-refractivity contribution in [2.45, 2.75) is 25.8 Å². The highest BCUT2D eigenvalue weighted by molar-refractivity contribution is 7.07. The van der Waals surface area contributed by atoms with Gasteiger partial charge >= 0.3 is 0 Å². The van der Waals surface area contributed by atoms with Crippen LogP contribution in [-0.4, -0.2) is 7.05 Å². The van der Waals surface area contributed by atoms with Gasteiger partial charge in [-0.05, 0) is 54.8 Å². The molecule has 1 aromatic carbocycles. The average molecular weight is 263 g/mol. The van der Waals surface area contributed by atoms with Crippen molar-refractivity contribution in [1.82, 2.24) is 5.32 Å². The van der Waals surface area contributed by atoms with E-state index in [0.29, 0.717) is 5.56 Å². The highest BCUT2D eigenvalue weighted by Crippen LogP contribution is 2.24. The van der Waals surface area contributed by atoms with Gasteiger partial charge in [0.2, 0.25) is 0 Å². The van der Waals surface area contributed by atoms with Crippen LogP contribution in [0.3, 0.4) is 0 Å².